The lowest BCUT2D eigenvalue weighted by atomic mass is 10.4. The van der Waals surface area contributed by atoms with E-state index in [1.54, 1.807) is 37.4 Å². The number of nitrogens with one attached hydrogen (secondary N) is 1. The summed E-state index contributed by atoms with van der Waals surface area (Å²) < 4.78 is 23.7. The number of hydrogen-bond acceptors (Lipinski definition) is 3. The zero-order valence-electron chi connectivity index (χ0n) is 9.76. The fourth-order valence-electron chi connectivity index (χ4n) is 1.30. The van der Waals surface area contributed by atoms with Crippen LogP contribution in [0.25, 0.3) is 0 Å². The summed E-state index contributed by atoms with van der Waals surface area (Å²) in [6, 6.07) is 8.42. The van der Waals surface area contributed by atoms with Gasteiger partial charge in [0.15, 0.2) is 15.8 Å². The number of nitrogens with two attached hydrogens (primary N) is 1. The van der Waals surface area contributed by atoms with Gasteiger partial charge in [0.25, 0.3) is 0 Å². The van der Waals surface area contributed by atoms with Gasteiger partial charge in [-0.2, -0.15) is 0 Å². The van der Waals surface area contributed by atoms with Gasteiger partial charge in [-0.1, -0.05) is 18.2 Å². The van der Waals surface area contributed by atoms with Crippen molar-refractivity contribution in [3.63, 3.8) is 0 Å². The Morgan fingerprint density at radius 3 is 2.59 bits per heavy atom. The van der Waals surface area contributed by atoms with Crippen LogP contribution in [0.4, 0.5) is 0 Å². The smallest absolute Gasteiger partial charge is 0.188 e. The molecule has 0 saturated heterocycles. The molecule has 0 spiro atoms. The van der Waals surface area contributed by atoms with Crippen LogP contribution in [-0.4, -0.2) is 33.7 Å². The van der Waals surface area contributed by atoms with Crippen LogP contribution < -0.4 is 11.1 Å². The molecule has 0 radical (unpaired) electrons. The first-order chi connectivity index (χ1) is 8.06. The van der Waals surface area contributed by atoms with Crippen molar-refractivity contribution in [2.75, 3.05) is 19.3 Å². The predicted octanol–water partition coefficient (Wildman–Crippen LogP) is 0.385. The topological polar surface area (TPSA) is 84.5 Å². The number of sulfone groups is 1. The van der Waals surface area contributed by atoms with Crippen molar-refractivity contribution < 1.29 is 8.42 Å². The van der Waals surface area contributed by atoms with Gasteiger partial charge in [0, 0.05) is 13.6 Å². The fraction of sp³-hybridized carbons (Fsp3) is 0.364. The first-order valence-electron chi connectivity index (χ1n) is 5.30. The molecule has 0 unspecified atom stereocenters. The minimum atomic E-state index is -3.19. The number of guanidine groups is 1. The Balaban J connectivity index is 2.47. The molecule has 1 aromatic carbocycles. The molecule has 0 aromatic heterocycles. The van der Waals surface area contributed by atoms with Crippen LogP contribution in [0.5, 0.6) is 0 Å². The lowest BCUT2D eigenvalue weighted by Gasteiger charge is -2.06. The Hall–Kier alpha value is -1.56. The highest BCUT2D eigenvalue weighted by atomic mass is 32.2. The minimum Gasteiger partial charge on any atom is -0.370 e. The summed E-state index contributed by atoms with van der Waals surface area (Å²) in [6.07, 6.45) is 0.493. The highest BCUT2D eigenvalue weighted by Crippen LogP contribution is 2.10. The molecule has 0 heterocycles. The number of aliphatic imine (C=N–C) groups is 1. The number of benzene rings is 1. The molecule has 0 aliphatic carbocycles. The molecule has 0 fully saturated rings. The van der Waals surface area contributed by atoms with E-state index in [2.05, 4.69) is 10.3 Å². The van der Waals surface area contributed by atoms with E-state index in [4.69, 9.17) is 5.73 Å². The third-order valence-electron chi connectivity index (χ3n) is 2.24. The Kier molecular flexibility index (Phi) is 4.96. The van der Waals surface area contributed by atoms with Crippen LogP contribution >= 0.6 is 0 Å². The highest BCUT2D eigenvalue weighted by Gasteiger charge is 2.12. The molecule has 6 heteroatoms. The average Bonchev–Trinajstić information content (AvgIpc) is 2.35. The largest absolute Gasteiger partial charge is 0.370 e. The Morgan fingerprint density at radius 2 is 2.00 bits per heavy atom. The predicted molar refractivity (Wildman–Crippen MR) is 68.7 cm³/mol. The van der Waals surface area contributed by atoms with Gasteiger partial charge in [0.2, 0.25) is 0 Å². The third-order valence-corrected chi connectivity index (χ3v) is 4.06. The molecule has 94 valence electrons. The van der Waals surface area contributed by atoms with Crippen molar-refractivity contribution in [1.82, 2.24) is 5.32 Å². The van der Waals surface area contributed by atoms with Gasteiger partial charge in [-0.15, -0.1) is 0 Å². The zero-order valence-corrected chi connectivity index (χ0v) is 10.6. The van der Waals surface area contributed by atoms with Gasteiger partial charge in [-0.05, 0) is 18.6 Å². The molecule has 0 aliphatic rings. The lowest BCUT2D eigenvalue weighted by molar-refractivity contribution is 0.592. The normalized spacial score (nSPS) is 12.4. The van der Waals surface area contributed by atoms with Gasteiger partial charge in [0.05, 0.1) is 10.6 Å². The molecule has 0 aliphatic heterocycles. The number of rotatable bonds is 5. The summed E-state index contributed by atoms with van der Waals surface area (Å²) in [5, 5.41) is 2.82. The molecule has 0 atom stereocenters. The van der Waals surface area contributed by atoms with Crippen molar-refractivity contribution in [1.29, 1.82) is 0 Å². The maximum atomic E-state index is 11.9. The maximum absolute atomic E-state index is 11.9. The Morgan fingerprint density at radius 1 is 1.35 bits per heavy atom. The van der Waals surface area contributed by atoms with Crippen molar-refractivity contribution in [3.05, 3.63) is 30.3 Å². The van der Waals surface area contributed by atoms with Gasteiger partial charge in [-0.3, -0.25) is 4.99 Å². The average molecular weight is 255 g/mol. The van der Waals surface area contributed by atoms with Gasteiger partial charge < -0.3 is 11.1 Å². The second kappa shape index (κ2) is 6.24. The van der Waals surface area contributed by atoms with Crippen molar-refractivity contribution in [2.24, 2.45) is 10.7 Å². The molecule has 3 N–H and O–H groups in total. The molecule has 5 nitrogen and oxygen atoms in total. The van der Waals surface area contributed by atoms with E-state index < -0.39 is 9.84 Å². The van der Waals surface area contributed by atoms with Crippen LogP contribution in [-0.2, 0) is 9.84 Å². The molecule has 1 aromatic rings. The van der Waals surface area contributed by atoms with Crippen LogP contribution in [0.3, 0.4) is 0 Å². The summed E-state index contributed by atoms with van der Waals surface area (Å²) in [4.78, 5) is 4.07. The summed E-state index contributed by atoms with van der Waals surface area (Å²) in [5.74, 6) is 0.420. The maximum Gasteiger partial charge on any atom is 0.188 e. The molecule has 0 bridgehead atoms. The summed E-state index contributed by atoms with van der Waals surface area (Å²) in [6.45, 7) is 0.495. The van der Waals surface area contributed by atoms with Crippen molar-refractivity contribution in [3.8, 4) is 0 Å². The van der Waals surface area contributed by atoms with Gasteiger partial charge >= 0.3 is 0 Å². The number of hydrogen-bond donors (Lipinski definition) is 2. The van der Waals surface area contributed by atoms with E-state index in [0.717, 1.165) is 0 Å². The van der Waals surface area contributed by atoms with E-state index in [1.165, 1.54) is 0 Å². The van der Waals surface area contributed by atoms with E-state index in [0.29, 0.717) is 23.8 Å². The standard InChI is InChI=1S/C11H17N3O2S/c1-13-11(12)14-8-5-9-17(15,16)10-6-3-2-4-7-10/h2-4,6-7H,5,8-9H2,1H3,(H3,12,13,14). The highest BCUT2D eigenvalue weighted by molar-refractivity contribution is 7.91. The van der Waals surface area contributed by atoms with E-state index in [9.17, 15) is 8.42 Å². The van der Waals surface area contributed by atoms with Crippen molar-refractivity contribution in [2.45, 2.75) is 11.3 Å². The number of nitrogens with zero attached hydrogens (tertiary/aromatic N) is 1. The van der Waals surface area contributed by atoms with E-state index >= 15 is 0 Å². The zero-order chi connectivity index (χ0) is 12.7. The molecular weight excluding hydrogens is 238 g/mol. The monoisotopic (exact) mass is 255 g/mol. The molecule has 0 amide bonds. The van der Waals surface area contributed by atoms with Crippen LogP contribution in [0, 0.1) is 0 Å². The molecular formula is C11H17N3O2S. The second-order valence-corrected chi connectivity index (χ2v) is 5.63. The molecule has 1 rings (SSSR count). The van der Waals surface area contributed by atoms with Crippen LogP contribution in [0.1, 0.15) is 6.42 Å². The fourth-order valence-corrected chi connectivity index (χ4v) is 2.64. The SMILES string of the molecule is CN=C(N)NCCCS(=O)(=O)c1ccccc1. The molecule has 0 saturated carbocycles. The van der Waals surface area contributed by atoms with E-state index in [1.807, 2.05) is 0 Å². The van der Waals surface area contributed by atoms with E-state index in [-0.39, 0.29) is 5.75 Å². The Bertz CT molecular complexity index is 469. The summed E-state index contributed by atoms with van der Waals surface area (Å²) in [7, 11) is -1.61. The molecule has 17 heavy (non-hydrogen) atoms. The first kappa shape index (κ1) is 13.5. The van der Waals surface area contributed by atoms with Gasteiger partial charge in [0.1, 0.15) is 0 Å². The first-order valence-corrected chi connectivity index (χ1v) is 6.95. The summed E-state index contributed by atoms with van der Waals surface area (Å²) >= 11 is 0. The van der Waals surface area contributed by atoms with Gasteiger partial charge in [-0.25, -0.2) is 8.42 Å². The summed E-state index contributed by atoms with van der Waals surface area (Å²) in [5.41, 5.74) is 5.42. The Labute approximate surface area is 102 Å². The second-order valence-electron chi connectivity index (χ2n) is 3.52. The quantitative estimate of drug-likeness (QED) is 0.453. The minimum absolute atomic E-state index is 0.0982. The van der Waals surface area contributed by atoms with Crippen LogP contribution in [0.2, 0.25) is 0 Å². The third kappa shape index (κ3) is 4.44. The van der Waals surface area contributed by atoms with Crippen molar-refractivity contribution >= 4 is 15.8 Å². The van der Waals surface area contributed by atoms with Crippen LogP contribution in [0.15, 0.2) is 40.2 Å². The lowest BCUT2D eigenvalue weighted by Crippen LogP contribution is -2.32.